The van der Waals surface area contributed by atoms with Crippen molar-refractivity contribution in [1.82, 2.24) is 9.97 Å². The van der Waals surface area contributed by atoms with Crippen LogP contribution in [0.1, 0.15) is 32.9 Å². The van der Waals surface area contributed by atoms with Crippen molar-refractivity contribution < 1.29 is 9.53 Å². The van der Waals surface area contributed by atoms with Gasteiger partial charge in [-0.25, -0.2) is 9.78 Å². The van der Waals surface area contributed by atoms with Gasteiger partial charge in [-0.15, -0.1) is 0 Å². The Bertz CT molecular complexity index is 449. The number of methoxy groups -OCH3 is 1. The van der Waals surface area contributed by atoms with E-state index in [-0.39, 0.29) is 11.9 Å². The molecular weight excluding hydrogens is 256 g/mol. The zero-order valence-corrected chi connectivity index (χ0v) is 12.9. The maximum absolute atomic E-state index is 11.8. The normalized spacial score (nSPS) is 12.1. The second-order valence-corrected chi connectivity index (χ2v) is 5.03. The maximum atomic E-state index is 11.8. The van der Waals surface area contributed by atoms with Gasteiger partial charge in [-0.3, -0.25) is 0 Å². The van der Waals surface area contributed by atoms with Crippen molar-refractivity contribution in [1.29, 1.82) is 0 Å². The van der Waals surface area contributed by atoms with E-state index in [9.17, 15) is 4.79 Å². The highest BCUT2D eigenvalue weighted by Crippen LogP contribution is 2.14. The molecule has 2 N–H and O–H groups in total. The molecule has 1 aromatic heterocycles. The summed E-state index contributed by atoms with van der Waals surface area (Å²) < 4.78 is 4.81. The predicted molar refractivity (Wildman–Crippen MR) is 79.8 cm³/mol. The number of hydrogen-bond donors (Lipinski definition) is 2. The molecule has 0 saturated carbocycles. The van der Waals surface area contributed by atoms with Crippen LogP contribution < -0.4 is 10.6 Å². The Morgan fingerprint density at radius 2 is 2.10 bits per heavy atom. The molecule has 1 rings (SSSR count). The molecule has 0 spiro atoms. The Balaban J connectivity index is 2.89. The van der Waals surface area contributed by atoms with Crippen LogP contribution in [0.5, 0.6) is 0 Å². The molecule has 6 nitrogen and oxygen atoms in total. The van der Waals surface area contributed by atoms with Gasteiger partial charge in [-0.1, -0.05) is 20.8 Å². The van der Waals surface area contributed by atoms with Gasteiger partial charge in [0.1, 0.15) is 11.9 Å². The molecule has 1 atom stereocenters. The van der Waals surface area contributed by atoms with E-state index < -0.39 is 6.04 Å². The highest BCUT2D eigenvalue weighted by atomic mass is 16.5. The fraction of sp³-hybridized carbons (Fsp3) is 0.643. The minimum absolute atomic E-state index is 0.102. The number of ether oxygens (including phenoxy) is 1. The van der Waals surface area contributed by atoms with E-state index in [1.807, 2.05) is 26.8 Å². The minimum Gasteiger partial charge on any atom is -0.467 e. The van der Waals surface area contributed by atoms with E-state index in [4.69, 9.17) is 4.74 Å². The van der Waals surface area contributed by atoms with Gasteiger partial charge in [0.2, 0.25) is 5.95 Å². The third-order valence-corrected chi connectivity index (χ3v) is 2.81. The summed E-state index contributed by atoms with van der Waals surface area (Å²) in [5.41, 5.74) is 0.841. The van der Waals surface area contributed by atoms with E-state index in [0.29, 0.717) is 11.8 Å². The van der Waals surface area contributed by atoms with Gasteiger partial charge < -0.3 is 15.4 Å². The van der Waals surface area contributed by atoms with Gasteiger partial charge in [-0.2, -0.15) is 4.98 Å². The van der Waals surface area contributed by atoms with E-state index in [2.05, 4.69) is 27.5 Å². The SMILES string of the molecule is CCCNc1nc(C)cc(NC(C(=O)OC)C(C)C)n1. The van der Waals surface area contributed by atoms with E-state index >= 15 is 0 Å². The Morgan fingerprint density at radius 3 is 2.65 bits per heavy atom. The Kier molecular flexibility index (Phi) is 6.21. The summed E-state index contributed by atoms with van der Waals surface area (Å²) in [6.07, 6.45) is 0.997. The van der Waals surface area contributed by atoms with Crippen molar-refractivity contribution in [2.45, 2.75) is 40.2 Å². The lowest BCUT2D eigenvalue weighted by Crippen LogP contribution is -2.35. The van der Waals surface area contributed by atoms with Gasteiger partial charge in [-0.05, 0) is 19.3 Å². The van der Waals surface area contributed by atoms with Crippen LogP contribution in [0.3, 0.4) is 0 Å². The first-order valence-electron chi connectivity index (χ1n) is 6.91. The summed E-state index contributed by atoms with van der Waals surface area (Å²) in [4.78, 5) is 20.4. The fourth-order valence-corrected chi connectivity index (χ4v) is 1.74. The van der Waals surface area contributed by atoms with Crippen LogP contribution in [0.25, 0.3) is 0 Å². The molecule has 0 fully saturated rings. The molecule has 0 aliphatic carbocycles. The molecule has 1 unspecified atom stereocenters. The molecule has 0 aliphatic rings. The topological polar surface area (TPSA) is 76.1 Å². The molecular formula is C14H24N4O2. The summed E-state index contributed by atoms with van der Waals surface area (Å²) in [6, 6.07) is 1.39. The number of anilines is 2. The lowest BCUT2D eigenvalue weighted by Gasteiger charge is -2.20. The zero-order valence-electron chi connectivity index (χ0n) is 12.9. The van der Waals surface area contributed by atoms with Gasteiger partial charge in [0.25, 0.3) is 0 Å². The predicted octanol–water partition coefficient (Wildman–Crippen LogP) is 2.22. The lowest BCUT2D eigenvalue weighted by atomic mass is 10.0. The van der Waals surface area contributed by atoms with Gasteiger partial charge >= 0.3 is 5.97 Å². The number of carbonyl (C=O) groups excluding carboxylic acids is 1. The highest BCUT2D eigenvalue weighted by Gasteiger charge is 2.23. The third-order valence-electron chi connectivity index (χ3n) is 2.81. The molecule has 112 valence electrons. The number of nitrogens with one attached hydrogen (secondary N) is 2. The Morgan fingerprint density at radius 1 is 1.40 bits per heavy atom. The van der Waals surface area contributed by atoms with Crippen molar-refractivity contribution >= 4 is 17.7 Å². The van der Waals surface area contributed by atoms with Crippen LogP contribution in [0.4, 0.5) is 11.8 Å². The van der Waals surface area contributed by atoms with Crippen molar-refractivity contribution in [3.05, 3.63) is 11.8 Å². The molecule has 0 saturated heterocycles. The van der Waals surface area contributed by atoms with Crippen molar-refractivity contribution in [3.8, 4) is 0 Å². The monoisotopic (exact) mass is 280 g/mol. The Hall–Kier alpha value is -1.85. The molecule has 6 heteroatoms. The number of aryl methyl sites for hydroxylation is 1. The summed E-state index contributed by atoms with van der Waals surface area (Å²) in [7, 11) is 1.39. The fourth-order valence-electron chi connectivity index (χ4n) is 1.74. The average molecular weight is 280 g/mol. The average Bonchev–Trinajstić information content (AvgIpc) is 2.40. The number of hydrogen-bond acceptors (Lipinski definition) is 6. The van der Waals surface area contributed by atoms with E-state index in [1.54, 1.807) is 0 Å². The van der Waals surface area contributed by atoms with Gasteiger partial charge in [0.05, 0.1) is 7.11 Å². The molecule has 0 amide bonds. The van der Waals surface area contributed by atoms with Crippen LogP contribution in [0.2, 0.25) is 0 Å². The zero-order chi connectivity index (χ0) is 15.1. The molecule has 0 radical (unpaired) electrons. The molecule has 0 bridgehead atoms. The van der Waals surface area contributed by atoms with Gasteiger partial charge in [0, 0.05) is 18.3 Å². The number of esters is 1. The third kappa shape index (κ3) is 4.68. The number of carbonyl (C=O) groups is 1. The molecule has 1 aromatic rings. The highest BCUT2D eigenvalue weighted by molar-refractivity contribution is 5.79. The van der Waals surface area contributed by atoms with Crippen molar-refractivity contribution in [2.24, 2.45) is 5.92 Å². The first kappa shape index (κ1) is 16.2. The van der Waals surface area contributed by atoms with E-state index in [0.717, 1.165) is 18.7 Å². The van der Waals surface area contributed by atoms with E-state index in [1.165, 1.54) is 7.11 Å². The second-order valence-electron chi connectivity index (χ2n) is 5.03. The number of nitrogens with zero attached hydrogens (tertiary/aromatic N) is 2. The summed E-state index contributed by atoms with van der Waals surface area (Å²) in [6.45, 7) is 8.70. The molecule has 0 aromatic carbocycles. The first-order valence-corrected chi connectivity index (χ1v) is 6.91. The standard InChI is InChI=1S/C14H24N4O2/c1-6-7-15-14-16-10(4)8-11(18-14)17-12(9(2)3)13(19)20-5/h8-9,12H,6-7H2,1-5H3,(H2,15,16,17,18). The maximum Gasteiger partial charge on any atom is 0.328 e. The summed E-state index contributed by atoms with van der Waals surface area (Å²) >= 11 is 0. The molecule has 20 heavy (non-hydrogen) atoms. The van der Waals surface area contributed by atoms with Crippen molar-refractivity contribution in [3.63, 3.8) is 0 Å². The number of rotatable bonds is 7. The summed E-state index contributed by atoms with van der Waals surface area (Å²) in [5.74, 6) is 1.01. The largest absolute Gasteiger partial charge is 0.467 e. The minimum atomic E-state index is -0.423. The quantitative estimate of drug-likeness (QED) is 0.746. The smallest absolute Gasteiger partial charge is 0.328 e. The van der Waals surface area contributed by atoms with Crippen LogP contribution >= 0.6 is 0 Å². The lowest BCUT2D eigenvalue weighted by molar-refractivity contribution is -0.142. The van der Waals surface area contributed by atoms with Crippen LogP contribution in [-0.4, -0.2) is 35.6 Å². The first-order chi connectivity index (χ1) is 9.47. The van der Waals surface area contributed by atoms with Crippen LogP contribution in [0.15, 0.2) is 6.07 Å². The molecule has 0 aliphatic heterocycles. The second kappa shape index (κ2) is 7.67. The van der Waals surface area contributed by atoms with Crippen LogP contribution in [0, 0.1) is 12.8 Å². The van der Waals surface area contributed by atoms with Crippen molar-refractivity contribution in [2.75, 3.05) is 24.3 Å². The Labute approximate surface area is 120 Å². The molecule has 1 heterocycles. The summed E-state index contributed by atoms with van der Waals surface area (Å²) in [5, 5.41) is 6.26. The van der Waals surface area contributed by atoms with Crippen LogP contribution in [-0.2, 0) is 9.53 Å². The number of aromatic nitrogens is 2. The van der Waals surface area contributed by atoms with Gasteiger partial charge in [0.15, 0.2) is 0 Å².